The molecule has 80 valence electrons. The van der Waals surface area contributed by atoms with Crippen molar-refractivity contribution in [1.29, 1.82) is 0 Å². The summed E-state index contributed by atoms with van der Waals surface area (Å²) in [5.74, 6) is 0. The number of alkyl halides is 1. The summed E-state index contributed by atoms with van der Waals surface area (Å²) in [7, 11) is -1.89. The summed E-state index contributed by atoms with van der Waals surface area (Å²) < 4.78 is 16.1. The average molecular weight is 227 g/mol. The molecule has 13 heavy (non-hydrogen) atoms. The molecule has 1 atom stereocenters. The van der Waals surface area contributed by atoms with Crippen LogP contribution in [0.15, 0.2) is 0 Å². The van der Waals surface area contributed by atoms with E-state index in [0.717, 1.165) is 6.42 Å². The summed E-state index contributed by atoms with van der Waals surface area (Å²) in [6.07, 6.45) is 0.904. The Hall–Kier alpha value is 0.387. The van der Waals surface area contributed by atoms with E-state index in [9.17, 15) is 0 Å². The van der Waals surface area contributed by atoms with Gasteiger partial charge in [0.2, 0.25) is 0 Å². The highest BCUT2D eigenvalue weighted by Crippen LogP contribution is 2.03. The summed E-state index contributed by atoms with van der Waals surface area (Å²) in [4.78, 5) is 0. The van der Waals surface area contributed by atoms with E-state index in [0.29, 0.717) is 19.8 Å². The third-order valence-corrected chi connectivity index (χ3v) is 3.57. The van der Waals surface area contributed by atoms with E-state index < -0.39 is 9.53 Å². The van der Waals surface area contributed by atoms with Gasteiger partial charge in [-0.25, -0.2) is 0 Å². The smallest absolute Gasteiger partial charge is 0.376 e. The van der Waals surface area contributed by atoms with E-state index in [1.54, 1.807) is 0 Å². The van der Waals surface area contributed by atoms with Crippen molar-refractivity contribution < 1.29 is 13.3 Å². The molecule has 0 aliphatic rings. The van der Waals surface area contributed by atoms with Crippen LogP contribution in [0, 0.1) is 0 Å². The standard InChI is InChI=1S/C8H19ClO3Si/c1-4-8(9)7-12-13(10-5-2)11-6-3/h8,13H,4-7H2,1-3H3. The van der Waals surface area contributed by atoms with Crippen molar-refractivity contribution >= 4 is 21.1 Å². The summed E-state index contributed by atoms with van der Waals surface area (Å²) in [5, 5.41) is 0.0657. The highest BCUT2D eigenvalue weighted by atomic mass is 35.5. The molecule has 0 saturated carbocycles. The van der Waals surface area contributed by atoms with E-state index in [-0.39, 0.29) is 5.38 Å². The molecule has 0 fully saturated rings. The van der Waals surface area contributed by atoms with Crippen LogP contribution in [0.25, 0.3) is 0 Å². The fraction of sp³-hybridized carbons (Fsp3) is 1.00. The second-order valence-corrected chi connectivity index (χ2v) is 4.73. The van der Waals surface area contributed by atoms with Crippen molar-refractivity contribution in [2.75, 3.05) is 19.8 Å². The Morgan fingerprint density at radius 2 is 1.62 bits per heavy atom. The zero-order valence-electron chi connectivity index (χ0n) is 8.59. The maximum Gasteiger partial charge on any atom is 0.484 e. The number of hydrogen-bond acceptors (Lipinski definition) is 3. The molecule has 0 bridgehead atoms. The van der Waals surface area contributed by atoms with Gasteiger partial charge in [-0.05, 0) is 20.3 Å². The average Bonchev–Trinajstić information content (AvgIpc) is 2.14. The van der Waals surface area contributed by atoms with Crippen molar-refractivity contribution in [3.63, 3.8) is 0 Å². The molecule has 3 nitrogen and oxygen atoms in total. The van der Waals surface area contributed by atoms with E-state index in [4.69, 9.17) is 24.9 Å². The molecule has 0 aromatic heterocycles. The van der Waals surface area contributed by atoms with E-state index >= 15 is 0 Å². The van der Waals surface area contributed by atoms with Gasteiger partial charge in [0.25, 0.3) is 0 Å². The Morgan fingerprint density at radius 3 is 2.00 bits per heavy atom. The predicted octanol–water partition coefficient (Wildman–Crippen LogP) is 1.81. The summed E-state index contributed by atoms with van der Waals surface area (Å²) >= 11 is 5.90. The molecule has 0 spiro atoms. The molecule has 0 amide bonds. The van der Waals surface area contributed by atoms with Gasteiger partial charge < -0.3 is 13.3 Å². The topological polar surface area (TPSA) is 27.7 Å². The molecule has 0 rings (SSSR count). The van der Waals surface area contributed by atoms with Crippen LogP contribution in [0.3, 0.4) is 0 Å². The largest absolute Gasteiger partial charge is 0.484 e. The monoisotopic (exact) mass is 226 g/mol. The first-order valence-electron chi connectivity index (χ1n) is 4.73. The SMILES string of the molecule is CCO[SiH](OCC)OCC(Cl)CC. The lowest BCUT2D eigenvalue weighted by atomic mass is 10.4. The molecular formula is C8H19ClO3Si. The minimum Gasteiger partial charge on any atom is -0.376 e. The molecular weight excluding hydrogens is 208 g/mol. The molecule has 0 radical (unpaired) electrons. The van der Waals surface area contributed by atoms with Gasteiger partial charge in [-0.15, -0.1) is 11.6 Å². The Morgan fingerprint density at radius 1 is 1.08 bits per heavy atom. The second kappa shape index (κ2) is 8.96. The summed E-state index contributed by atoms with van der Waals surface area (Å²) in [6.45, 7) is 7.68. The lowest BCUT2D eigenvalue weighted by Crippen LogP contribution is -2.29. The molecule has 0 aliphatic heterocycles. The predicted molar refractivity (Wildman–Crippen MR) is 56.3 cm³/mol. The Labute approximate surface area is 87.3 Å². The van der Waals surface area contributed by atoms with Crippen LogP contribution in [0.4, 0.5) is 0 Å². The van der Waals surface area contributed by atoms with Gasteiger partial charge >= 0.3 is 9.53 Å². The Bertz CT molecular complexity index is 110. The van der Waals surface area contributed by atoms with Crippen molar-refractivity contribution in [3.8, 4) is 0 Å². The highest BCUT2D eigenvalue weighted by molar-refractivity contribution is 6.36. The number of hydrogen-bond donors (Lipinski definition) is 0. The fourth-order valence-corrected chi connectivity index (χ4v) is 2.13. The first kappa shape index (κ1) is 13.4. The van der Waals surface area contributed by atoms with Gasteiger partial charge in [-0.3, -0.25) is 0 Å². The molecule has 0 aromatic carbocycles. The van der Waals surface area contributed by atoms with Crippen molar-refractivity contribution in [3.05, 3.63) is 0 Å². The fourth-order valence-electron chi connectivity index (χ4n) is 0.717. The first-order chi connectivity index (χ1) is 6.24. The van der Waals surface area contributed by atoms with Gasteiger partial charge in [0.1, 0.15) is 0 Å². The number of rotatable bonds is 8. The van der Waals surface area contributed by atoms with Crippen LogP contribution in [0.1, 0.15) is 27.2 Å². The maximum absolute atomic E-state index is 5.90. The van der Waals surface area contributed by atoms with E-state index in [1.165, 1.54) is 0 Å². The molecule has 0 N–H and O–H groups in total. The maximum atomic E-state index is 5.90. The lowest BCUT2D eigenvalue weighted by molar-refractivity contribution is 0.102. The zero-order chi connectivity index (χ0) is 10.1. The molecule has 5 heteroatoms. The highest BCUT2D eigenvalue weighted by Gasteiger charge is 2.15. The third-order valence-electron chi connectivity index (χ3n) is 1.46. The van der Waals surface area contributed by atoms with Crippen molar-refractivity contribution in [2.45, 2.75) is 32.6 Å². The zero-order valence-corrected chi connectivity index (χ0v) is 10.5. The van der Waals surface area contributed by atoms with Crippen molar-refractivity contribution in [1.82, 2.24) is 0 Å². The van der Waals surface area contributed by atoms with Gasteiger partial charge in [0.05, 0.1) is 12.0 Å². The van der Waals surface area contributed by atoms with Gasteiger partial charge in [0, 0.05) is 13.2 Å². The van der Waals surface area contributed by atoms with Gasteiger partial charge in [0.15, 0.2) is 0 Å². The lowest BCUT2D eigenvalue weighted by Gasteiger charge is -2.16. The summed E-state index contributed by atoms with van der Waals surface area (Å²) in [6, 6.07) is 0. The molecule has 0 saturated heterocycles. The first-order valence-corrected chi connectivity index (χ1v) is 6.58. The minimum absolute atomic E-state index is 0.0657. The Balaban J connectivity index is 3.55. The van der Waals surface area contributed by atoms with Gasteiger partial charge in [-0.2, -0.15) is 0 Å². The van der Waals surface area contributed by atoms with E-state index in [2.05, 4.69) is 0 Å². The van der Waals surface area contributed by atoms with Crippen LogP contribution < -0.4 is 0 Å². The Kier molecular flexibility index (Phi) is 9.23. The molecule has 1 unspecified atom stereocenters. The second-order valence-electron chi connectivity index (χ2n) is 2.54. The molecule has 0 aromatic rings. The van der Waals surface area contributed by atoms with Crippen LogP contribution in [-0.4, -0.2) is 34.7 Å². The van der Waals surface area contributed by atoms with Crippen LogP contribution >= 0.6 is 11.6 Å². The molecule has 0 aliphatic carbocycles. The van der Waals surface area contributed by atoms with Crippen LogP contribution in [-0.2, 0) is 13.3 Å². The minimum atomic E-state index is -1.89. The summed E-state index contributed by atoms with van der Waals surface area (Å²) in [5.41, 5.74) is 0. The van der Waals surface area contributed by atoms with Crippen LogP contribution in [0.5, 0.6) is 0 Å². The quantitative estimate of drug-likeness (QED) is 0.467. The van der Waals surface area contributed by atoms with Crippen molar-refractivity contribution in [2.24, 2.45) is 0 Å². The normalized spacial score (nSPS) is 13.6. The number of halogens is 1. The molecule has 0 heterocycles. The third kappa shape index (κ3) is 7.46. The van der Waals surface area contributed by atoms with E-state index in [1.807, 2.05) is 20.8 Å². The van der Waals surface area contributed by atoms with Gasteiger partial charge in [-0.1, -0.05) is 6.92 Å². The van der Waals surface area contributed by atoms with Crippen LogP contribution in [0.2, 0.25) is 0 Å².